The van der Waals surface area contributed by atoms with E-state index in [1.807, 2.05) is 12.1 Å². The number of aromatic carboxylic acids is 1. The molecule has 1 N–H and O–H groups in total. The van der Waals surface area contributed by atoms with E-state index < -0.39 is 5.97 Å². The van der Waals surface area contributed by atoms with Crippen LogP contribution in [0.5, 0.6) is 0 Å². The van der Waals surface area contributed by atoms with E-state index in [1.54, 1.807) is 12.1 Å². The van der Waals surface area contributed by atoms with Crippen molar-refractivity contribution in [2.45, 2.75) is 26.4 Å². The van der Waals surface area contributed by atoms with Crippen LogP contribution in [-0.4, -0.2) is 54.1 Å². The first-order chi connectivity index (χ1) is 8.93. The van der Waals surface area contributed by atoms with Crippen LogP contribution < -0.4 is 0 Å². The average Bonchev–Trinajstić information content (AvgIpc) is 2.35. The third kappa shape index (κ3) is 5.01. The van der Waals surface area contributed by atoms with Gasteiger partial charge in [0.2, 0.25) is 0 Å². The van der Waals surface area contributed by atoms with Crippen molar-refractivity contribution >= 4 is 5.97 Å². The largest absolute Gasteiger partial charge is 0.478 e. The second-order valence-electron chi connectivity index (χ2n) is 5.18. The maximum absolute atomic E-state index is 11.0. The van der Waals surface area contributed by atoms with Crippen molar-refractivity contribution in [1.82, 2.24) is 9.80 Å². The molecule has 106 valence electrons. The molecule has 1 unspecified atom stereocenters. The van der Waals surface area contributed by atoms with Gasteiger partial charge < -0.3 is 10.0 Å². The van der Waals surface area contributed by atoms with Crippen LogP contribution >= 0.6 is 0 Å². The quantitative estimate of drug-likeness (QED) is 0.819. The summed E-state index contributed by atoms with van der Waals surface area (Å²) in [7, 11) is 4.13. The van der Waals surface area contributed by atoms with Crippen molar-refractivity contribution in [3.63, 3.8) is 0 Å². The number of carboxylic acids is 1. The van der Waals surface area contributed by atoms with Crippen LogP contribution in [0.1, 0.15) is 29.8 Å². The van der Waals surface area contributed by atoms with Gasteiger partial charge in [0.25, 0.3) is 0 Å². The fourth-order valence-corrected chi connectivity index (χ4v) is 2.26. The molecule has 1 aromatic carbocycles. The van der Waals surface area contributed by atoms with Crippen molar-refractivity contribution in [3.05, 3.63) is 35.4 Å². The van der Waals surface area contributed by atoms with Gasteiger partial charge in [0.15, 0.2) is 0 Å². The molecule has 0 aromatic heterocycles. The highest BCUT2D eigenvalue weighted by Gasteiger charge is 2.14. The Morgan fingerprint density at radius 1 is 1.37 bits per heavy atom. The Hall–Kier alpha value is -1.39. The van der Waals surface area contributed by atoms with Crippen molar-refractivity contribution in [2.75, 3.05) is 27.2 Å². The number of rotatable bonds is 7. The molecular weight excluding hydrogens is 240 g/mol. The molecular formula is C15H24N2O2. The fourth-order valence-electron chi connectivity index (χ4n) is 2.26. The molecule has 0 aliphatic carbocycles. The van der Waals surface area contributed by atoms with E-state index in [2.05, 4.69) is 37.7 Å². The van der Waals surface area contributed by atoms with Gasteiger partial charge in [-0.25, -0.2) is 4.79 Å². The van der Waals surface area contributed by atoms with Crippen molar-refractivity contribution in [3.8, 4) is 0 Å². The number of hydrogen-bond donors (Lipinski definition) is 1. The lowest BCUT2D eigenvalue weighted by Gasteiger charge is -2.30. The molecule has 4 nitrogen and oxygen atoms in total. The number of hydrogen-bond acceptors (Lipinski definition) is 3. The first-order valence-electron chi connectivity index (χ1n) is 6.65. The third-order valence-electron chi connectivity index (χ3n) is 3.22. The van der Waals surface area contributed by atoms with Crippen molar-refractivity contribution in [2.24, 2.45) is 0 Å². The summed E-state index contributed by atoms with van der Waals surface area (Å²) < 4.78 is 0. The first-order valence-corrected chi connectivity index (χ1v) is 6.65. The normalized spacial score (nSPS) is 12.9. The zero-order chi connectivity index (χ0) is 14.4. The van der Waals surface area contributed by atoms with E-state index >= 15 is 0 Å². The molecule has 0 aliphatic heterocycles. The Labute approximate surface area is 115 Å². The van der Waals surface area contributed by atoms with Crippen LogP contribution in [0.2, 0.25) is 0 Å². The Morgan fingerprint density at radius 3 is 2.58 bits per heavy atom. The molecule has 1 aromatic rings. The van der Waals surface area contributed by atoms with Crippen molar-refractivity contribution in [1.29, 1.82) is 0 Å². The maximum atomic E-state index is 11.0. The van der Waals surface area contributed by atoms with Crippen molar-refractivity contribution < 1.29 is 9.90 Å². The van der Waals surface area contributed by atoms with Gasteiger partial charge in [-0.05, 0) is 45.3 Å². The Morgan fingerprint density at radius 2 is 2.05 bits per heavy atom. The second kappa shape index (κ2) is 7.26. The highest BCUT2D eigenvalue weighted by molar-refractivity contribution is 5.87. The van der Waals surface area contributed by atoms with E-state index in [0.29, 0.717) is 11.6 Å². The predicted molar refractivity (Wildman–Crippen MR) is 77.5 cm³/mol. The molecule has 0 fully saturated rings. The second-order valence-corrected chi connectivity index (χ2v) is 5.18. The average molecular weight is 264 g/mol. The number of likely N-dealkylation sites (N-methyl/N-ethyl adjacent to an activating group) is 2. The van der Waals surface area contributed by atoms with Gasteiger partial charge in [0.05, 0.1) is 5.56 Å². The molecule has 0 saturated carbocycles. The summed E-state index contributed by atoms with van der Waals surface area (Å²) in [5, 5.41) is 9.01. The smallest absolute Gasteiger partial charge is 0.335 e. The van der Waals surface area contributed by atoms with Crippen LogP contribution in [-0.2, 0) is 6.54 Å². The molecule has 0 radical (unpaired) electrons. The van der Waals surface area contributed by atoms with Gasteiger partial charge in [-0.2, -0.15) is 0 Å². The van der Waals surface area contributed by atoms with Gasteiger partial charge in [0.1, 0.15) is 0 Å². The molecule has 0 heterocycles. The minimum absolute atomic E-state index is 0.355. The van der Waals surface area contributed by atoms with Crippen LogP contribution in [0.25, 0.3) is 0 Å². The Bertz CT molecular complexity index is 418. The SMILES string of the molecule is CCN(Cc1cccc(C(=O)O)c1)C(C)CN(C)C. The molecule has 0 amide bonds. The number of carboxylic acid groups (broad SMARTS) is 1. The molecule has 0 bridgehead atoms. The maximum Gasteiger partial charge on any atom is 0.335 e. The third-order valence-corrected chi connectivity index (χ3v) is 3.22. The lowest BCUT2D eigenvalue weighted by atomic mass is 10.1. The fraction of sp³-hybridized carbons (Fsp3) is 0.533. The number of benzene rings is 1. The van der Waals surface area contributed by atoms with E-state index in [0.717, 1.165) is 25.2 Å². The van der Waals surface area contributed by atoms with E-state index in [1.165, 1.54) is 0 Å². The highest BCUT2D eigenvalue weighted by atomic mass is 16.4. The highest BCUT2D eigenvalue weighted by Crippen LogP contribution is 2.11. The molecule has 19 heavy (non-hydrogen) atoms. The van der Waals surface area contributed by atoms with Crippen LogP contribution in [0.3, 0.4) is 0 Å². The van der Waals surface area contributed by atoms with E-state index in [4.69, 9.17) is 5.11 Å². The minimum atomic E-state index is -0.869. The summed E-state index contributed by atoms with van der Waals surface area (Å²) in [6, 6.07) is 7.62. The molecule has 1 rings (SSSR count). The van der Waals surface area contributed by atoms with Crippen LogP contribution in [0, 0.1) is 0 Å². The molecule has 0 aliphatic rings. The van der Waals surface area contributed by atoms with Gasteiger partial charge in [0, 0.05) is 19.1 Å². The van der Waals surface area contributed by atoms with Gasteiger partial charge in [-0.15, -0.1) is 0 Å². The first kappa shape index (κ1) is 15.7. The minimum Gasteiger partial charge on any atom is -0.478 e. The summed E-state index contributed by atoms with van der Waals surface area (Å²) in [4.78, 5) is 15.5. The molecule has 4 heteroatoms. The Kier molecular flexibility index (Phi) is 5.99. The number of carbonyl (C=O) groups is 1. The van der Waals surface area contributed by atoms with E-state index in [9.17, 15) is 4.79 Å². The summed E-state index contributed by atoms with van der Waals surface area (Å²) in [5.74, 6) is -0.869. The molecule has 1 atom stereocenters. The van der Waals surface area contributed by atoms with Crippen LogP contribution in [0.4, 0.5) is 0 Å². The van der Waals surface area contributed by atoms with Crippen LogP contribution in [0.15, 0.2) is 24.3 Å². The van der Waals surface area contributed by atoms with Gasteiger partial charge in [-0.3, -0.25) is 4.90 Å². The monoisotopic (exact) mass is 264 g/mol. The molecule has 0 spiro atoms. The lowest BCUT2D eigenvalue weighted by molar-refractivity contribution is 0.0696. The van der Waals surface area contributed by atoms with Gasteiger partial charge in [-0.1, -0.05) is 19.1 Å². The number of nitrogens with zero attached hydrogens (tertiary/aromatic N) is 2. The summed E-state index contributed by atoms with van der Waals surface area (Å²) in [6.45, 7) is 7.06. The summed E-state index contributed by atoms with van der Waals surface area (Å²) in [5.41, 5.74) is 1.40. The zero-order valence-corrected chi connectivity index (χ0v) is 12.3. The summed E-state index contributed by atoms with van der Waals surface area (Å²) >= 11 is 0. The lowest BCUT2D eigenvalue weighted by Crippen LogP contribution is -2.39. The van der Waals surface area contributed by atoms with E-state index in [-0.39, 0.29) is 0 Å². The predicted octanol–water partition coefficient (Wildman–Crippen LogP) is 2.16. The zero-order valence-electron chi connectivity index (χ0n) is 12.3. The van der Waals surface area contributed by atoms with Gasteiger partial charge >= 0.3 is 5.97 Å². The topological polar surface area (TPSA) is 43.8 Å². The Balaban J connectivity index is 2.75. The summed E-state index contributed by atoms with van der Waals surface area (Å²) in [6.07, 6.45) is 0. The standard InChI is InChI=1S/C15H24N2O2/c1-5-17(12(2)10-16(3)4)11-13-7-6-8-14(9-13)15(18)19/h6-9,12H,5,10-11H2,1-4H3,(H,18,19). The molecule has 0 saturated heterocycles.